The maximum atomic E-state index is 12.2. The van der Waals surface area contributed by atoms with Crippen molar-refractivity contribution in [1.29, 1.82) is 0 Å². The monoisotopic (exact) mass is 402 g/mol. The zero-order valence-corrected chi connectivity index (χ0v) is 16.8. The smallest absolute Gasteiger partial charge is 0.226 e. The van der Waals surface area contributed by atoms with E-state index in [9.17, 15) is 9.59 Å². The number of halogens is 1. The maximum absolute atomic E-state index is 12.2. The Labute approximate surface area is 166 Å². The lowest BCUT2D eigenvalue weighted by Gasteiger charge is -2.00. The highest BCUT2D eigenvalue weighted by molar-refractivity contribution is 7.16. The number of amides is 1. The van der Waals surface area contributed by atoms with E-state index in [-0.39, 0.29) is 18.1 Å². The Kier molecular flexibility index (Phi) is 5.77. The fourth-order valence-electron chi connectivity index (χ4n) is 2.76. The first-order valence-electron chi connectivity index (χ1n) is 8.47. The standard InChI is InChI=1S/C20H19ClN2O3S/c1-11(24)17-10-16(26-12(17)2)8-9-18(25)22-20-23-19(13(3)27-20)14-4-6-15(21)7-5-14/h4-7,10H,8-9H2,1-3H3,(H,22,23,25). The van der Waals surface area contributed by atoms with Gasteiger partial charge in [0.25, 0.3) is 0 Å². The van der Waals surface area contributed by atoms with Crippen LogP contribution in [0.2, 0.25) is 5.02 Å². The summed E-state index contributed by atoms with van der Waals surface area (Å²) in [5, 5.41) is 4.06. The Morgan fingerprint density at radius 1 is 1.22 bits per heavy atom. The van der Waals surface area contributed by atoms with Crippen molar-refractivity contribution in [1.82, 2.24) is 4.98 Å². The van der Waals surface area contributed by atoms with Crippen molar-refractivity contribution in [2.75, 3.05) is 5.32 Å². The van der Waals surface area contributed by atoms with Gasteiger partial charge in [-0.1, -0.05) is 23.7 Å². The molecule has 27 heavy (non-hydrogen) atoms. The molecule has 0 aliphatic carbocycles. The quantitative estimate of drug-likeness (QED) is 0.556. The van der Waals surface area contributed by atoms with Gasteiger partial charge in [0, 0.05) is 28.3 Å². The van der Waals surface area contributed by atoms with Gasteiger partial charge in [0.2, 0.25) is 5.91 Å². The van der Waals surface area contributed by atoms with Crippen LogP contribution in [0.5, 0.6) is 0 Å². The highest BCUT2D eigenvalue weighted by Crippen LogP contribution is 2.31. The van der Waals surface area contributed by atoms with Crippen LogP contribution in [0, 0.1) is 13.8 Å². The van der Waals surface area contributed by atoms with Crippen LogP contribution >= 0.6 is 22.9 Å². The molecule has 0 bridgehead atoms. The molecule has 140 valence electrons. The van der Waals surface area contributed by atoms with Crippen LogP contribution in [0.3, 0.4) is 0 Å². The molecule has 0 radical (unpaired) electrons. The number of thiazole rings is 1. The van der Waals surface area contributed by atoms with Crippen LogP contribution in [-0.2, 0) is 11.2 Å². The molecule has 0 unspecified atom stereocenters. The third kappa shape index (κ3) is 4.64. The molecule has 0 aliphatic rings. The lowest BCUT2D eigenvalue weighted by molar-refractivity contribution is -0.116. The van der Waals surface area contributed by atoms with Gasteiger partial charge in [-0.2, -0.15) is 0 Å². The molecule has 0 atom stereocenters. The number of hydrogen-bond donors (Lipinski definition) is 1. The van der Waals surface area contributed by atoms with E-state index in [0.717, 1.165) is 16.1 Å². The molecular weight excluding hydrogens is 384 g/mol. The van der Waals surface area contributed by atoms with Crippen molar-refractivity contribution in [3.8, 4) is 11.3 Å². The Morgan fingerprint density at radius 2 is 1.93 bits per heavy atom. The number of carbonyl (C=O) groups is 2. The van der Waals surface area contributed by atoms with E-state index in [4.69, 9.17) is 16.0 Å². The number of rotatable bonds is 6. The van der Waals surface area contributed by atoms with Gasteiger partial charge in [-0.05, 0) is 39.0 Å². The molecule has 0 saturated carbocycles. The number of nitrogens with one attached hydrogen (secondary N) is 1. The van der Waals surface area contributed by atoms with Crippen LogP contribution in [0.1, 0.15) is 40.1 Å². The molecule has 1 amide bonds. The van der Waals surface area contributed by atoms with E-state index in [1.165, 1.54) is 18.3 Å². The Bertz CT molecular complexity index is 989. The maximum Gasteiger partial charge on any atom is 0.226 e. The number of furan rings is 1. The van der Waals surface area contributed by atoms with Gasteiger partial charge >= 0.3 is 0 Å². The van der Waals surface area contributed by atoms with Gasteiger partial charge in [0.1, 0.15) is 11.5 Å². The number of aromatic nitrogens is 1. The second-order valence-corrected chi connectivity index (χ2v) is 7.86. The first-order chi connectivity index (χ1) is 12.8. The Balaban J connectivity index is 1.63. The second kappa shape index (κ2) is 8.06. The van der Waals surface area contributed by atoms with Crippen molar-refractivity contribution >= 4 is 39.8 Å². The summed E-state index contributed by atoms with van der Waals surface area (Å²) >= 11 is 7.36. The van der Waals surface area contributed by atoms with Crippen molar-refractivity contribution in [3.05, 3.63) is 57.3 Å². The second-order valence-electron chi connectivity index (χ2n) is 6.22. The molecule has 7 heteroatoms. The number of ketones is 1. The summed E-state index contributed by atoms with van der Waals surface area (Å²) in [4.78, 5) is 29.3. The van der Waals surface area contributed by atoms with E-state index in [1.54, 1.807) is 13.0 Å². The number of Topliss-reactive ketones (excluding diaryl/α,β-unsaturated/α-hetero) is 1. The lowest BCUT2D eigenvalue weighted by atomic mass is 10.1. The minimum atomic E-state index is -0.148. The minimum Gasteiger partial charge on any atom is -0.466 e. The number of benzene rings is 1. The van der Waals surface area contributed by atoms with Crippen LogP contribution < -0.4 is 5.32 Å². The summed E-state index contributed by atoms with van der Waals surface area (Å²) < 4.78 is 5.54. The van der Waals surface area contributed by atoms with Gasteiger partial charge in [-0.15, -0.1) is 11.3 Å². The SMILES string of the molecule is CC(=O)c1cc(CCC(=O)Nc2nc(-c3ccc(Cl)cc3)c(C)s2)oc1C. The molecule has 3 rings (SSSR count). The van der Waals surface area contributed by atoms with E-state index >= 15 is 0 Å². The molecular formula is C20H19ClN2O3S. The molecule has 0 saturated heterocycles. The highest BCUT2D eigenvalue weighted by atomic mass is 35.5. The van der Waals surface area contributed by atoms with Crippen LogP contribution in [0.25, 0.3) is 11.3 Å². The van der Waals surface area contributed by atoms with Crippen molar-refractivity contribution in [3.63, 3.8) is 0 Å². The van der Waals surface area contributed by atoms with Crippen molar-refractivity contribution in [2.24, 2.45) is 0 Å². The number of hydrogen-bond acceptors (Lipinski definition) is 5. The summed E-state index contributed by atoms with van der Waals surface area (Å²) in [5.74, 6) is 1.02. The molecule has 1 aromatic carbocycles. The summed E-state index contributed by atoms with van der Waals surface area (Å²) in [6.07, 6.45) is 0.674. The minimum absolute atomic E-state index is 0.0417. The largest absolute Gasteiger partial charge is 0.466 e. The van der Waals surface area contributed by atoms with E-state index in [0.29, 0.717) is 33.7 Å². The molecule has 0 aliphatic heterocycles. The first kappa shape index (κ1) is 19.3. The number of nitrogens with zero attached hydrogens (tertiary/aromatic N) is 1. The van der Waals surface area contributed by atoms with Gasteiger partial charge in [-0.3, -0.25) is 9.59 Å². The average Bonchev–Trinajstić information content (AvgIpc) is 3.16. The molecule has 5 nitrogen and oxygen atoms in total. The van der Waals surface area contributed by atoms with Crippen LogP contribution in [-0.4, -0.2) is 16.7 Å². The molecule has 2 heterocycles. The van der Waals surface area contributed by atoms with E-state index in [1.807, 2.05) is 31.2 Å². The molecule has 2 aromatic heterocycles. The Hall–Kier alpha value is -2.44. The van der Waals surface area contributed by atoms with E-state index < -0.39 is 0 Å². The third-order valence-electron chi connectivity index (χ3n) is 4.11. The van der Waals surface area contributed by atoms with Gasteiger partial charge in [-0.25, -0.2) is 4.98 Å². The number of carbonyl (C=O) groups excluding carboxylic acids is 2. The zero-order chi connectivity index (χ0) is 19.6. The summed E-state index contributed by atoms with van der Waals surface area (Å²) in [6.45, 7) is 5.21. The fourth-order valence-corrected chi connectivity index (χ4v) is 3.74. The predicted molar refractivity (Wildman–Crippen MR) is 108 cm³/mol. The molecule has 0 spiro atoms. The molecule has 0 fully saturated rings. The van der Waals surface area contributed by atoms with Crippen molar-refractivity contribution in [2.45, 2.75) is 33.6 Å². The predicted octanol–water partition coefficient (Wildman–Crippen LogP) is 5.45. The van der Waals surface area contributed by atoms with Gasteiger partial charge in [0.05, 0.1) is 11.3 Å². The molecule has 3 aromatic rings. The lowest BCUT2D eigenvalue weighted by Crippen LogP contribution is -2.11. The van der Waals surface area contributed by atoms with Crippen molar-refractivity contribution < 1.29 is 14.0 Å². The highest BCUT2D eigenvalue weighted by Gasteiger charge is 2.15. The average molecular weight is 403 g/mol. The first-order valence-corrected chi connectivity index (χ1v) is 9.66. The van der Waals surface area contributed by atoms with Gasteiger partial charge in [0.15, 0.2) is 10.9 Å². The number of anilines is 1. The fraction of sp³-hybridized carbons (Fsp3) is 0.250. The summed E-state index contributed by atoms with van der Waals surface area (Å²) in [6, 6.07) is 9.14. The topological polar surface area (TPSA) is 72.2 Å². The zero-order valence-electron chi connectivity index (χ0n) is 15.3. The molecule has 1 N–H and O–H groups in total. The summed E-state index contributed by atoms with van der Waals surface area (Å²) in [5.41, 5.74) is 2.35. The van der Waals surface area contributed by atoms with Crippen LogP contribution in [0.15, 0.2) is 34.7 Å². The Morgan fingerprint density at radius 3 is 2.56 bits per heavy atom. The van der Waals surface area contributed by atoms with E-state index in [2.05, 4.69) is 10.3 Å². The van der Waals surface area contributed by atoms with Gasteiger partial charge < -0.3 is 9.73 Å². The third-order valence-corrected chi connectivity index (χ3v) is 5.25. The normalized spacial score (nSPS) is 10.8. The number of aryl methyl sites for hydroxylation is 3. The summed E-state index contributed by atoms with van der Waals surface area (Å²) in [7, 11) is 0. The van der Waals surface area contributed by atoms with Crippen LogP contribution in [0.4, 0.5) is 5.13 Å².